The van der Waals surface area contributed by atoms with E-state index in [9.17, 15) is 145 Å². The lowest BCUT2D eigenvalue weighted by Gasteiger charge is -2.48. The molecule has 18 unspecified atom stereocenters. The highest BCUT2D eigenvalue weighted by molar-refractivity contribution is 6.16. The normalized spacial score (nSPS) is 31.0. The lowest BCUT2D eigenvalue weighted by Crippen LogP contribution is -2.74. The van der Waals surface area contributed by atoms with E-state index in [0.29, 0.717) is 18.9 Å². The SMILES string of the molecule is CC.CC(=O)OCC1COCCOC(=O)C(C)C2CC3(CCC(C)C)C4C(=O)OCC(CO1)OCC(CO)COC(=O)C4(C)C1(C)C4CC2C431.CC(C)C(=O)OCC1CO1.CC1C(=O)C(c2c(F)c(F)c(F)c(F)c2F)C(=O)C1CC(CC(C)(C)C(=O)OCC1CO1)C(=O)OCCC(F)(F)C(F)(F)C(F)(F)C(F)(F)C(F)(F)C(F)(F)C(F)(F)C(F)(F)F.[H+]. The molecule has 9 fully saturated rings. The van der Waals surface area contributed by atoms with Crippen LogP contribution >= 0.6 is 0 Å². The van der Waals surface area contributed by atoms with Crippen LogP contribution in [-0.2, 0) is 100.0 Å². The molecule has 5 saturated carbocycles. The third-order valence-electron chi connectivity index (χ3n) is 24.8. The van der Waals surface area contributed by atoms with Crippen LogP contribution in [0.1, 0.15) is 148 Å². The first-order chi connectivity index (χ1) is 56.1. The van der Waals surface area contributed by atoms with Crippen LogP contribution in [0.25, 0.3) is 0 Å². The van der Waals surface area contributed by atoms with Crippen molar-refractivity contribution in [1.29, 1.82) is 0 Å². The van der Waals surface area contributed by atoms with Crippen LogP contribution in [0.3, 0.4) is 0 Å². The summed E-state index contributed by atoms with van der Waals surface area (Å²) in [5, 5.41) is 10.2. The van der Waals surface area contributed by atoms with E-state index in [4.69, 9.17) is 52.1 Å². The lowest BCUT2D eigenvalue weighted by molar-refractivity contribution is -0.461. The van der Waals surface area contributed by atoms with E-state index in [1.165, 1.54) is 6.92 Å². The van der Waals surface area contributed by atoms with Gasteiger partial charge in [0.2, 0.25) is 5.82 Å². The second kappa shape index (κ2) is 37.6. The number of benzene rings is 1. The van der Waals surface area contributed by atoms with E-state index < -0.39 is 238 Å². The summed E-state index contributed by atoms with van der Waals surface area (Å²) in [6, 6.07) is 0. The highest BCUT2D eigenvalue weighted by Crippen LogP contribution is 3.04. The Hall–Kier alpha value is -6.93. The van der Waals surface area contributed by atoms with Gasteiger partial charge in [-0.2, -0.15) is 74.6 Å². The van der Waals surface area contributed by atoms with Gasteiger partial charge in [-0.3, -0.25) is 43.2 Å². The third-order valence-corrected chi connectivity index (χ3v) is 24.8. The highest BCUT2D eigenvalue weighted by atomic mass is 19.4. The molecule has 1 aromatic rings. The number of ketones is 2. The Bertz CT molecular complexity index is 3950. The molecule has 22 nitrogen and oxygen atoms in total. The van der Waals surface area contributed by atoms with Crippen LogP contribution in [0, 0.1) is 121 Å². The minimum absolute atomic E-state index is 0. The van der Waals surface area contributed by atoms with Crippen LogP contribution in [0.4, 0.5) is 96.6 Å². The molecule has 4 heterocycles. The molecular weight excluding hydrogens is 1710 g/mol. The quantitative estimate of drug-likeness (QED) is 0.0163. The molecule has 1 aromatic carbocycles. The number of rotatable bonds is 27. The van der Waals surface area contributed by atoms with E-state index in [1.54, 1.807) is 0 Å². The number of alkyl halides is 17. The zero-order chi connectivity index (χ0) is 92.7. The Labute approximate surface area is 686 Å². The number of carbonyl (C=O) groups excluding carboxylic acids is 9. The van der Waals surface area contributed by atoms with Gasteiger partial charge in [0.05, 0.1) is 100 Å². The maximum absolute atomic E-state index is 14.7. The molecule has 4 saturated heterocycles. The summed E-state index contributed by atoms with van der Waals surface area (Å²) in [5.74, 6) is -90.2. The number of fused-ring (bicyclic) bond motifs is 7. The average Bonchev–Trinajstić information content (AvgIpc) is 1.39. The second-order valence-electron chi connectivity index (χ2n) is 33.6. The monoisotopic (exact) mass is 1810 g/mol. The van der Waals surface area contributed by atoms with Crippen molar-refractivity contribution < 1.29 is 203 Å². The van der Waals surface area contributed by atoms with Crippen molar-refractivity contribution in [1.82, 2.24) is 0 Å². The first-order valence-corrected chi connectivity index (χ1v) is 39.2. The van der Waals surface area contributed by atoms with E-state index in [0.717, 1.165) is 46.6 Å². The number of Topliss-reactive ketones (excluding diaryl/α,β-unsaturated/α-hetero) is 2. The molecule has 0 aromatic heterocycles. The van der Waals surface area contributed by atoms with Crippen LogP contribution in [0.5, 0.6) is 0 Å². The van der Waals surface area contributed by atoms with Gasteiger partial charge in [-0.25, -0.2) is 22.0 Å². The maximum atomic E-state index is 14.7. The Kier molecular flexibility index (Phi) is 31.4. The van der Waals surface area contributed by atoms with Gasteiger partial charge in [-0.1, -0.05) is 68.7 Å². The molecule has 9 aliphatic rings. The van der Waals surface area contributed by atoms with Gasteiger partial charge in [0.25, 0.3) is 0 Å². The van der Waals surface area contributed by atoms with E-state index in [-0.39, 0.29) is 115 Å². The van der Waals surface area contributed by atoms with Crippen molar-refractivity contribution in [2.24, 2.45) is 92.2 Å². The van der Waals surface area contributed by atoms with Gasteiger partial charge >= 0.3 is 90.8 Å². The number of cyclic esters (lactones) is 2. The summed E-state index contributed by atoms with van der Waals surface area (Å²) in [5.41, 5.74) is -6.52. The van der Waals surface area contributed by atoms with E-state index >= 15 is 0 Å². The summed E-state index contributed by atoms with van der Waals surface area (Å²) in [4.78, 5) is 117. The van der Waals surface area contributed by atoms with Gasteiger partial charge in [0.15, 0.2) is 34.8 Å². The number of ether oxygens (including phenoxy) is 12. The Morgan fingerprint density at radius 2 is 1.11 bits per heavy atom. The predicted molar refractivity (Wildman–Crippen MR) is 371 cm³/mol. The Morgan fingerprint density at radius 1 is 0.582 bits per heavy atom. The predicted octanol–water partition coefficient (Wildman–Crippen LogP) is 13.9. The average molecular weight is 1810 g/mol. The van der Waals surface area contributed by atoms with Crippen LogP contribution in [0.2, 0.25) is 0 Å². The topological polar surface area (TPSA) is 291 Å². The molecule has 4 aliphatic heterocycles. The maximum Gasteiger partial charge on any atom is 1.00 e. The van der Waals surface area contributed by atoms with Crippen LogP contribution in [-0.4, -0.2) is 223 Å². The van der Waals surface area contributed by atoms with Crippen molar-refractivity contribution in [3.05, 3.63) is 34.6 Å². The lowest BCUT2D eigenvalue weighted by atomic mass is 9.54. The molecule has 44 heteroatoms. The van der Waals surface area contributed by atoms with Crippen molar-refractivity contribution in [2.75, 3.05) is 92.5 Å². The summed E-state index contributed by atoms with van der Waals surface area (Å²) in [6.45, 7) is 20.2. The number of aliphatic hydroxyl groups excluding tert-OH is 1. The highest BCUT2D eigenvalue weighted by Gasteiger charge is 3.03. The standard InChI is InChI=1S/C36H54O12.C33H26F22O7.C7H12O3.C2H6/c1-20(2)7-8-35-12-26-21(3)30(39)43-10-9-42-16-24(17-44-22(4)38)46-18-25-19-47-31(40)29(35)33(5,32(41)48-15-23(13-37)14-45-25)34(6)28-11-27(26)36(28,34)35;1-10-13(22(57)15(21(10)56)14-16(34)18(36)20(38)19(37)17(14)35)6-11(7-25(2,3)24(59)62-9-12-8-61-12)23(58)60-5-4-26(39,40)27(41,42)28(43,44)29(45,46)30(47,48)31(49,50)32(51,52)33(53,54)55;1-5(2)7(8)10-4-6-3-9-6;1-2/h20-21,23-29,37H,7-19H2,1-6H3;10-13,15H,4-9H2,1-3H3;5-6H,3-4H2,1-2H3;1-2H3/p+1. The number of epoxide rings is 2. The van der Waals surface area contributed by atoms with Crippen molar-refractivity contribution in [3.63, 3.8) is 0 Å². The summed E-state index contributed by atoms with van der Waals surface area (Å²) >= 11 is 0. The fourth-order valence-electron chi connectivity index (χ4n) is 18.0. The van der Waals surface area contributed by atoms with Gasteiger partial charge in [-0.15, -0.1) is 0 Å². The van der Waals surface area contributed by atoms with Gasteiger partial charge < -0.3 is 61.9 Å². The van der Waals surface area contributed by atoms with Crippen molar-refractivity contribution in [2.45, 2.75) is 213 Å². The van der Waals surface area contributed by atoms with Crippen LogP contribution < -0.4 is 0 Å². The molecule has 18 atom stereocenters. The number of hydrogen-bond acceptors (Lipinski definition) is 22. The molecule has 5 aliphatic carbocycles. The first-order valence-electron chi connectivity index (χ1n) is 39.2. The van der Waals surface area contributed by atoms with Gasteiger partial charge in [0.1, 0.15) is 63.4 Å². The number of halogens is 22. The minimum atomic E-state index is -8.90. The van der Waals surface area contributed by atoms with Crippen LogP contribution in [0.15, 0.2) is 0 Å². The smallest absolute Gasteiger partial charge is 0.465 e. The Balaban J connectivity index is 0.000000339. The van der Waals surface area contributed by atoms with Crippen molar-refractivity contribution in [3.8, 4) is 0 Å². The molecule has 0 radical (unpaired) electrons. The molecule has 696 valence electrons. The zero-order valence-electron chi connectivity index (χ0n) is 69.4. The first kappa shape index (κ1) is 102. The van der Waals surface area contributed by atoms with E-state index in [1.807, 2.05) is 41.5 Å². The second-order valence-corrected chi connectivity index (χ2v) is 33.6. The molecular formula is C78H99F22O22+. The number of esters is 7. The Morgan fingerprint density at radius 3 is 1.63 bits per heavy atom. The van der Waals surface area contributed by atoms with Gasteiger partial charge in [-0.05, 0) is 92.8 Å². The molecule has 122 heavy (non-hydrogen) atoms. The molecule has 10 rings (SSSR count). The molecule has 0 amide bonds. The minimum Gasteiger partial charge on any atom is -0.465 e. The fourth-order valence-corrected chi connectivity index (χ4v) is 18.0. The zero-order valence-corrected chi connectivity index (χ0v) is 68.4. The number of hydrogen-bond donors (Lipinski definition) is 1. The summed E-state index contributed by atoms with van der Waals surface area (Å²) < 4.78 is 368. The molecule has 1 spiro atoms. The van der Waals surface area contributed by atoms with E-state index in [2.05, 4.69) is 25.5 Å². The molecule has 4 bridgehead atoms. The molecule has 1 N–H and O–H groups in total. The third kappa shape index (κ3) is 18.5. The summed E-state index contributed by atoms with van der Waals surface area (Å²) in [6.07, 6.45) is -12.1. The largest absolute Gasteiger partial charge is 1.00 e. The van der Waals surface area contributed by atoms with Crippen molar-refractivity contribution >= 4 is 53.4 Å². The number of aliphatic hydroxyl groups is 1. The number of carbonyl (C=O) groups is 9. The van der Waals surface area contributed by atoms with Gasteiger partial charge in [0, 0.05) is 30.2 Å². The summed E-state index contributed by atoms with van der Waals surface area (Å²) in [7, 11) is 0. The fraction of sp³-hybridized carbons (Fsp3) is 0.808.